The minimum Gasteiger partial charge on any atom is -0.314 e. The first-order valence-electron chi connectivity index (χ1n) is 5.30. The molecule has 1 aromatic heterocycles. The van der Waals surface area contributed by atoms with Crippen LogP contribution in [0.4, 0.5) is 4.39 Å². The molecule has 0 unspecified atom stereocenters. The third-order valence-corrected chi connectivity index (χ3v) is 2.77. The van der Waals surface area contributed by atoms with Gasteiger partial charge in [0.05, 0.1) is 17.3 Å². The van der Waals surface area contributed by atoms with Gasteiger partial charge in [-0.25, -0.2) is 4.39 Å². The quantitative estimate of drug-likeness (QED) is 0.907. The summed E-state index contributed by atoms with van der Waals surface area (Å²) in [4.78, 5) is 0. The molecule has 3 nitrogen and oxygen atoms in total. The second-order valence-electron chi connectivity index (χ2n) is 3.76. The molecule has 2 rings (SSSR count). The van der Waals surface area contributed by atoms with Gasteiger partial charge >= 0.3 is 0 Å². The molecule has 1 N–H and O–H groups in total. The van der Waals surface area contributed by atoms with Gasteiger partial charge < -0.3 is 5.32 Å². The van der Waals surface area contributed by atoms with E-state index >= 15 is 0 Å². The number of halogens is 2. The predicted octanol–water partition coefficient (Wildman–Crippen LogP) is 2.44. The zero-order valence-corrected chi connectivity index (χ0v) is 10.2. The van der Waals surface area contributed by atoms with E-state index in [1.165, 1.54) is 6.07 Å². The Morgan fingerprint density at radius 1 is 1.41 bits per heavy atom. The van der Waals surface area contributed by atoms with Crippen molar-refractivity contribution in [3.05, 3.63) is 52.6 Å². The maximum absolute atomic E-state index is 13.0. The second kappa shape index (κ2) is 5.29. The van der Waals surface area contributed by atoms with Gasteiger partial charge in [0.15, 0.2) is 0 Å². The number of nitrogens with zero attached hydrogens (tertiary/aromatic N) is 2. The lowest BCUT2D eigenvalue weighted by Gasteiger charge is -2.07. The van der Waals surface area contributed by atoms with Crippen LogP contribution in [0.5, 0.6) is 0 Å². The SMILES string of the molecule is CNCc1ccnn1Cc1ccc(F)c(Cl)c1. The maximum Gasteiger partial charge on any atom is 0.141 e. The van der Waals surface area contributed by atoms with Crippen LogP contribution in [-0.4, -0.2) is 16.8 Å². The lowest BCUT2D eigenvalue weighted by atomic mass is 10.2. The van der Waals surface area contributed by atoms with Crippen molar-refractivity contribution in [2.24, 2.45) is 0 Å². The Morgan fingerprint density at radius 3 is 2.94 bits per heavy atom. The molecule has 0 spiro atoms. The molecular formula is C12H13ClFN3. The van der Waals surface area contributed by atoms with E-state index in [0.29, 0.717) is 6.54 Å². The topological polar surface area (TPSA) is 29.9 Å². The van der Waals surface area contributed by atoms with E-state index < -0.39 is 5.82 Å². The van der Waals surface area contributed by atoms with Gasteiger partial charge in [0.1, 0.15) is 5.82 Å². The van der Waals surface area contributed by atoms with Crippen molar-refractivity contribution in [1.82, 2.24) is 15.1 Å². The molecule has 0 saturated carbocycles. The highest BCUT2D eigenvalue weighted by atomic mass is 35.5. The van der Waals surface area contributed by atoms with Crippen molar-refractivity contribution in [2.45, 2.75) is 13.1 Å². The highest BCUT2D eigenvalue weighted by molar-refractivity contribution is 6.30. The third-order valence-electron chi connectivity index (χ3n) is 2.48. The van der Waals surface area contributed by atoms with Gasteiger partial charge in [-0.15, -0.1) is 0 Å². The van der Waals surface area contributed by atoms with Crippen molar-refractivity contribution in [1.29, 1.82) is 0 Å². The Balaban J connectivity index is 2.19. The molecule has 0 aliphatic rings. The minimum absolute atomic E-state index is 0.143. The van der Waals surface area contributed by atoms with Crippen molar-refractivity contribution in [3.63, 3.8) is 0 Å². The fraction of sp³-hybridized carbons (Fsp3) is 0.250. The molecular weight excluding hydrogens is 241 g/mol. The second-order valence-corrected chi connectivity index (χ2v) is 4.17. The summed E-state index contributed by atoms with van der Waals surface area (Å²) < 4.78 is 14.9. The zero-order valence-electron chi connectivity index (χ0n) is 9.45. The molecule has 0 radical (unpaired) electrons. The van der Waals surface area contributed by atoms with Crippen LogP contribution >= 0.6 is 11.6 Å². The molecule has 2 aromatic rings. The normalized spacial score (nSPS) is 10.8. The van der Waals surface area contributed by atoms with Crippen molar-refractivity contribution in [3.8, 4) is 0 Å². The number of hydrogen-bond donors (Lipinski definition) is 1. The van der Waals surface area contributed by atoms with Crippen molar-refractivity contribution in [2.75, 3.05) is 7.05 Å². The van der Waals surface area contributed by atoms with Crippen LogP contribution in [0.15, 0.2) is 30.5 Å². The van der Waals surface area contributed by atoms with Gasteiger partial charge in [-0.2, -0.15) is 5.10 Å². The number of hydrogen-bond acceptors (Lipinski definition) is 2. The number of aromatic nitrogens is 2. The van der Waals surface area contributed by atoms with Gasteiger partial charge in [0.25, 0.3) is 0 Å². The fourth-order valence-electron chi connectivity index (χ4n) is 1.64. The van der Waals surface area contributed by atoms with Gasteiger partial charge in [-0.05, 0) is 30.8 Å². The summed E-state index contributed by atoms with van der Waals surface area (Å²) in [6, 6.07) is 6.66. The third kappa shape index (κ3) is 2.84. The standard InChI is InChI=1S/C12H13ClFN3/c1-15-7-10-4-5-16-17(10)8-9-2-3-12(14)11(13)6-9/h2-6,15H,7-8H2,1H3. The fourth-order valence-corrected chi connectivity index (χ4v) is 1.85. The van der Waals surface area contributed by atoms with E-state index in [1.807, 2.05) is 17.8 Å². The highest BCUT2D eigenvalue weighted by Gasteiger charge is 2.05. The molecule has 0 amide bonds. The first kappa shape index (κ1) is 12.1. The first-order valence-corrected chi connectivity index (χ1v) is 5.67. The molecule has 1 aromatic carbocycles. The Morgan fingerprint density at radius 2 is 2.24 bits per heavy atom. The number of nitrogens with one attached hydrogen (secondary N) is 1. The lowest BCUT2D eigenvalue weighted by molar-refractivity contribution is 0.613. The number of benzene rings is 1. The summed E-state index contributed by atoms with van der Waals surface area (Å²) in [6.45, 7) is 1.33. The molecule has 0 fully saturated rings. The van der Waals surface area contributed by atoms with Crippen LogP contribution in [0.25, 0.3) is 0 Å². The number of rotatable bonds is 4. The summed E-state index contributed by atoms with van der Waals surface area (Å²) in [7, 11) is 1.88. The smallest absolute Gasteiger partial charge is 0.141 e. The van der Waals surface area contributed by atoms with Crippen molar-refractivity contribution < 1.29 is 4.39 Å². The molecule has 90 valence electrons. The van der Waals surface area contributed by atoms with E-state index in [9.17, 15) is 4.39 Å². The predicted molar refractivity (Wildman–Crippen MR) is 65.5 cm³/mol. The first-order chi connectivity index (χ1) is 8.20. The molecule has 17 heavy (non-hydrogen) atoms. The Bertz CT molecular complexity index is 510. The molecule has 0 aliphatic heterocycles. The Kier molecular flexibility index (Phi) is 3.76. The largest absolute Gasteiger partial charge is 0.314 e. The van der Waals surface area contributed by atoms with E-state index in [2.05, 4.69) is 10.4 Å². The maximum atomic E-state index is 13.0. The Labute approximate surface area is 104 Å². The molecule has 1 heterocycles. The van der Waals surface area contributed by atoms with Crippen LogP contribution < -0.4 is 5.32 Å². The summed E-state index contributed by atoms with van der Waals surface area (Å²) in [5.74, 6) is -0.397. The summed E-state index contributed by atoms with van der Waals surface area (Å²) >= 11 is 5.74. The van der Waals surface area contributed by atoms with E-state index in [0.717, 1.165) is 17.8 Å². The summed E-state index contributed by atoms with van der Waals surface area (Å²) in [5, 5.41) is 7.44. The average molecular weight is 254 g/mol. The minimum atomic E-state index is -0.397. The molecule has 0 atom stereocenters. The van der Waals surface area contributed by atoms with Gasteiger partial charge in [0.2, 0.25) is 0 Å². The zero-order chi connectivity index (χ0) is 12.3. The van der Waals surface area contributed by atoms with E-state index in [-0.39, 0.29) is 5.02 Å². The molecule has 5 heteroatoms. The Hall–Kier alpha value is -1.39. The van der Waals surface area contributed by atoms with Crippen LogP contribution in [0.1, 0.15) is 11.3 Å². The summed E-state index contributed by atoms with van der Waals surface area (Å²) in [6.07, 6.45) is 1.75. The molecule has 0 aliphatic carbocycles. The average Bonchev–Trinajstić information content (AvgIpc) is 2.72. The molecule has 0 bridgehead atoms. The van der Waals surface area contributed by atoms with Crippen LogP contribution in [0, 0.1) is 5.82 Å². The van der Waals surface area contributed by atoms with E-state index in [4.69, 9.17) is 11.6 Å². The van der Waals surface area contributed by atoms with Gasteiger partial charge in [-0.1, -0.05) is 17.7 Å². The summed E-state index contributed by atoms with van der Waals surface area (Å²) in [5.41, 5.74) is 2.01. The van der Waals surface area contributed by atoms with Gasteiger partial charge in [0, 0.05) is 12.7 Å². The van der Waals surface area contributed by atoms with Crippen LogP contribution in [0.2, 0.25) is 5.02 Å². The van der Waals surface area contributed by atoms with E-state index in [1.54, 1.807) is 18.3 Å². The lowest BCUT2D eigenvalue weighted by Crippen LogP contribution is -2.13. The van der Waals surface area contributed by atoms with Gasteiger partial charge in [-0.3, -0.25) is 4.68 Å². The van der Waals surface area contributed by atoms with Crippen LogP contribution in [-0.2, 0) is 13.1 Å². The molecule has 0 saturated heterocycles. The van der Waals surface area contributed by atoms with Crippen molar-refractivity contribution >= 4 is 11.6 Å². The van der Waals surface area contributed by atoms with Crippen LogP contribution in [0.3, 0.4) is 0 Å². The highest BCUT2D eigenvalue weighted by Crippen LogP contribution is 2.17. The monoisotopic (exact) mass is 253 g/mol.